The maximum absolute atomic E-state index is 12.2. The Morgan fingerprint density at radius 3 is 2.31 bits per heavy atom. The average Bonchev–Trinajstić information content (AvgIpc) is 2.85. The lowest BCUT2D eigenvalue weighted by Gasteiger charge is -2.13. The molecule has 0 heterocycles. The largest absolute Gasteiger partial charge is 0.493 e. The minimum atomic E-state index is -0.913. The molecule has 186 valence electrons. The van der Waals surface area contributed by atoms with Crippen LogP contribution in [0.1, 0.15) is 16.7 Å². The number of carbonyl (C=O) groups excluding carboxylic acids is 3. The molecule has 0 bridgehead atoms. The molecule has 3 aromatic carbocycles. The Morgan fingerprint density at radius 2 is 1.64 bits per heavy atom. The van der Waals surface area contributed by atoms with Gasteiger partial charge in [-0.2, -0.15) is 5.10 Å². The van der Waals surface area contributed by atoms with Crippen LogP contribution in [0.2, 0.25) is 0 Å². The van der Waals surface area contributed by atoms with Crippen LogP contribution in [0.15, 0.2) is 70.2 Å². The molecule has 3 N–H and O–H groups in total. The van der Waals surface area contributed by atoms with Crippen molar-refractivity contribution in [1.82, 2.24) is 5.43 Å². The third-order valence-electron chi connectivity index (χ3n) is 4.96. The van der Waals surface area contributed by atoms with Crippen molar-refractivity contribution >= 4 is 51.2 Å². The summed E-state index contributed by atoms with van der Waals surface area (Å²) in [6.45, 7) is 3.45. The van der Waals surface area contributed by atoms with Gasteiger partial charge in [0.1, 0.15) is 0 Å². The number of methoxy groups -OCH3 is 1. The van der Waals surface area contributed by atoms with Crippen LogP contribution in [0, 0.1) is 13.8 Å². The summed E-state index contributed by atoms with van der Waals surface area (Å²) < 4.78 is 11.5. The van der Waals surface area contributed by atoms with Crippen LogP contribution in [0.25, 0.3) is 0 Å². The fourth-order valence-electron chi connectivity index (χ4n) is 3.21. The van der Waals surface area contributed by atoms with Gasteiger partial charge in [-0.25, -0.2) is 5.43 Å². The van der Waals surface area contributed by atoms with Gasteiger partial charge in [0.2, 0.25) is 0 Å². The van der Waals surface area contributed by atoms with Crippen molar-refractivity contribution in [3.05, 3.63) is 81.8 Å². The Balaban J connectivity index is 1.60. The second kappa shape index (κ2) is 12.5. The fourth-order valence-corrected chi connectivity index (χ4v) is 3.78. The molecule has 3 aromatic rings. The predicted octanol–water partition coefficient (Wildman–Crippen LogP) is 4.18. The van der Waals surface area contributed by atoms with E-state index in [1.54, 1.807) is 24.3 Å². The van der Waals surface area contributed by atoms with Crippen molar-refractivity contribution in [2.24, 2.45) is 5.10 Å². The first kappa shape index (κ1) is 26.4. The number of hydrazone groups is 1. The summed E-state index contributed by atoms with van der Waals surface area (Å²) in [5.74, 6) is -1.40. The highest BCUT2D eigenvalue weighted by Crippen LogP contribution is 2.36. The number of halogens is 1. The van der Waals surface area contributed by atoms with Gasteiger partial charge in [-0.05, 0) is 70.7 Å². The molecule has 0 atom stereocenters. The molecule has 0 unspecified atom stereocenters. The van der Waals surface area contributed by atoms with E-state index < -0.39 is 11.8 Å². The zero-order chi connectivity index (χ0) is 26.1. The van der Waals surface area contributed by atoms with E-state index in [2.05, 4.69) is 37.1 Å². The van der Waals surface area contributed by atoms with E-state index >= 15 is 0 Å². The van der Waals surface area contributed by atoms with Gasteiger partial charge in [-0.15, -0.1) is 0 Å². The molecular formula is C26H25BrN4O5. The molecule has 0 saturated heterocycles. The van der Waals surface area contributed by atoms with Crippen molar-refractivity contribution in [2.75, 3.05) is 24.4 Å². The van der Waals surface area contributed by atoms with Gasteiger partial charge in [-0.3, -0.25) is 14.4 Å². The van der Waals surface area contributed by atoms with E-state index in [-0.39, 0.29) is 12.5 Å². The Bertz CT molecular complexity index is 1270. The van der Waals surface area contributed by atoms with Gasteiger partial charge in [0.25, 0.3) is 5.91 Å². The minimum absolute atomic E-state index is 0.233. The van der Waals surface area contributed by atoms with E-state index in [0.717, 1.165) is 11.1 Å². The first-order valence-corrected chi connectivity index (χ1v) is 11.6. The summed E-state index contributed by atoms with van der Waals surface area (Å²) in [6, 6.07) is 17.9. The number of nitrogens with zero attached hydrogens (tertiary/aromatic N) is 1. The molecule has 0 aromatic heterocycles. The molecule has 3 rings (SSSR count). The molecule has 0 saturated carbocycles. The SMILES string of the molecule is COc1cc(/C=N\NC(=O)C(=O)Nc2c(C)cccc2C)cc(Br)c1OCC(=O)Nc1ccccc1. The van der Waals surface area contributed by atoms with Crippen molar-refractivity contribution in [1.29, 1.82) is 0 Å². The van der Waals surface area contributed by atoms with E-state index in [4.69, 9.17) is 9.47 Å². The summed E-state index contributed by atoms with van der Waals surface area (Å²) in [5, 5.41) is 9.18. The minimum Gasteiger partial charge on any atom is -0.493 e. The summed E-state index contributed by atoms with van der Waals surface area (Å²) in [4.78, 5) is 36.6. The average molecular weight is 553 g/mol. The highest BCUT2D eigenvalue weighted by atomic mass is 79.9. The summed E-state index contributed by atoms with van der Waals surface area (Å²) in [7, 11) is 1.46. The van der Waals surface area contributed by atoms with Crippen LogP contribution in [-0.2, 0) is 14.4 Å². The van der Waals surface area contributed by atoms with Gasteiger partial charge >= 0.3 is 11.8 Å². The van der Waals surface area contributed by atoms with Gasteiger partial charge in [0, 0.05) is 11.4 Å². The smallest absolute Gasteiger partial charge is 0.329 e. The number of hydrogen-bond acceptors (Lipinski definition) is 6. The van der Waals surface area contributed by atoms with Gasteiger partial charge in [0.15, 0.2) is 18.1 Å². The number of hydrogen-bond donors (Lipinski definition) is 3. The lowest BCUT2D eigenvalue weighted by atomic mass is 10.1. The zero-order valence-corrected chi connectivity index (χ0v) is 21.5. The number of benzene rings is 3. The highest BCUT2D eigenvalue weighted by Gasteiger charge is 2.16. The van der Waals surface area contributed by atoms with Crippen molar-refractivity contribution in [3.8, 4) is 11.5 Å². The van der Waals surface area contributed by atoms with Gasteiger partial charge in [0.05, 0.1) is 17.8 Å². The lowest BCUT2D eigenvalue weighted by Crippen LogP contribution is -2.32. The monoisotopic (exact) mass is 552 g/mol. The molecule has 0 aliphatic carbocycles. The first-order chi connectivity index (χ1) is 17.3. The molecule has 0 spiro atoms. The number of aryl methyl sites for hydroxylation is 2. The number of nitrogens with one attached hydrogen (secondary N) is 3. The number of para-hydroxylation sites is 2. The summed E-state index contributed by atoms with van der Waals surface area (Å²) >= 11 is 3.40. The topological polar surface area (TPSA) is 118 Å². The highest BCUT2D eigenvalue weighted by molar-refractivity contribution is 9.10. The molecule has 0 radical (unpaired) electrons. The van der Waals surface area contributed by atoms with Crippen LogP contribution in [0.4, 0.5) is 11.4 Å². The standard InChI is InChI=1S/C26H25BrN4O5/c1-16-8-7-9-17(2)23(16)30-25(33)26(34)31-28-14-18-12-20(27)24(21(13-18)35-3)36-15-22(32)29-19-10-5-4-6-11-19/h4-14H,15H2,1-3H3,(H,29,32)(H,30,33)(H,31,34)/b28-14-. The Labute approximate surface area is 217 Å². The number of ether oxygens (including phenoxy) is 2. The molecule has 0 aliphatic heterocycles. The molecule has 0 aliphatic rings. The van der Waals surface area contributed by atoms with Crippen LogP contribution in [0.5, 0.6) is 11.5 Å². The normalized spacial score (nSPS) is 10.6. The Morgan fingerprint density at radius 1 is 0.944 bits per heavy atom. The second-order valence-electron chi connectivity index (χ2n) is 7.66. The van der Waals surface area contributed by atoms with E-state index in [1.807, 2.05) is 50.2 Å². The van der Waals surface area contributed by atoms with E-state index in [0.29, 0.717) is 32.9 Å². The third-order valence-corrected chi connectivity index (χ3v) is 5.55. The van der Waals surface area contributed by atoms with Gasteiger partial charge in [-0.1, -0.05) is 36.4 Å². The number of amides is 3. The number of anilines is 2. The van der Waals surface area contributed by atoms with E-state index in [9.17, 15) is 14.4 Å². The maximum Gasteiger partial charge on any atom is 0.329 e. The van der Waals surface area contributed by atoms with Crippen LogP contribution < -0.4 is 25.5 Å². The first-order valence-electron chi connectivity index (χ1n) is 10.8. The molecule has 9 nitrogen and oxygen atoms in total. The van der Waals surface area contributed by atoms with Crippen molar-refractivity contribution < 1.29 is 23.9 Å². The molecule has 10 heteroatoms. The molecule has 0 fully saturated rings. The van der Waals surface area contributed by atoms with Crippen molar-refractivity contribution in [2.45, 2.75) is 13.8 Å². The van der Waals surface area contributed by atoms with Crippen molar-refractivity contribution in [3.63, 3.8) is 0 Å². The van der Waals surface area contributed by atoms with Gasteiger partial charge < -0.3 is 20.1 Å². The van der Waals surface area contributed by atoms with Crippen LogP contribution >= 0.6 is 15.9 Å². The van der Waals surface area contributed by atoms with Crippen LogP contribution in [0.3, 0.4) is 0 Å². The second-order valence-corrected chi connectivity index (χ2v) is 8.51. The molecule has 36 heavy (non-hydrogen) atoms. The summed E-state index contributed by atoms with van der Waals surface area (Å²) in [6.07, 6.45) is 1.35. The van der Waals surface area contributed by atoms with Crippen LogP contribution in [-0.4, -0.2) is 37.7 Å². The van der Waals surface area contributed by atoms with E-state index in [1.165, 1.54) is 13.3 Å². The summed E-state index contributed by atoms with van der Waals surface area (Å²) in [5.41, 5.74) is 5.69. The Kier molecular flexibility index (Phi) is 9.18. The number of rotatable bonds is 8. The third kappa shape index (κ3) is 7.16. The molecule has 3 amide bonds. The molecular weight excluding hydrogens is 528 g/mol. The number of carbonyl (C=O) groups is 3. The maximum atomic E-state index is 12.2. The fraction of sp³-hybridized carbons (Fsp3) is 0.154. The predicted molar refractivity (Wildman–Crippen MR) is 142 cm³/mol. The zero-order valence-electron chi connectivity index (χ0n) is 19.9. The Hall–Kier alpha value is -4.18. The quantitative estimate of drug-likeness (QED) is 0.220. The lowest BCUT2D eigenvalue weighted by molar-refractivity contribution is -0.136.